The van der Waals surface area contributed by atoms with Crippen LogP contribution in [0.2, 0.25) is 0 Å². The Hall–Kier alpha value is -1.81. The van der Waals surface area contributed by atoms with E-state index in [0.717, 1.165) is 42.7 Å². The van der Waals surface area contributed by atoms with Crippen molar-refractivity contribution in [2.24, 2.45) is 5.92 Å². The van der Waals surface area contributed by atoms with E-state index in [1.165, 1.54) is 0 Å². The van der Waals surface area contributed by atoms with Crippen molar-refractivity contribution in [3.63, 3.8) is 0 Å². The molecule has 1 saturated heterocycles. The normalized spacial score (nSPS) is 18.9. The van der Waals surface area contributed by atoms with Crippen LogP contribution in [0.25, 0.3) is 10.9 Å². The van der Waals surface area contributed by atoms with Gasteiger partial charge >= 0.3 is 0 Å². The van der Waals surface area contributed by atoms with E-state index in [0.29, 0.717) is 5.92 Å². The van der Waals surface area contributed by atoms with Gasteiger partial charge in [0.1, 0.15) is 5.75 Å². The third-order valence-electron chi connectivity index (χ3n) is 3.80. The molecule has 0 bridgehead atoms. The fraction of sp³-hybridized carbons (Fsp3) is 0.400. The molecule has 0 aliphatic carbocycles. The molecule has 0 radical (unpaired) electrons. The van der Waals surface area contributed by atoms with Gasteiger partial charge in [-0.1, -0.05) is 0 Å². The zero-order valence-electron chi connectivity index (χ0n) is 11.1. The summed E-state index contributed by atoms with van der Waals surface area (Å²) in [5.74, 6) is 1.32. The van der Waals surface area contributed by atoms with Crippen LogP contribution in [-0.4, -0.2) is 24.8 Å². The fourth-order valence-electron chi connectivity index (χ4n) is 2.71. The monoisotopic (exact) mass is 258 g/mol. The van der Waals surface area contributed by atoms with Crippen LogP contribution in [0.15, 0.2) is 35.1 Å². The van der Waals surface area contributed by atoms with E-state index in [1.807, 2.05) is 28.8 Å². The Morgan fingerprint density at radius 3 is 2.95 bits per heavy atom. The zero-order chi connectivity index (χ0) is 13.2. The van der Waals surface area contributed by atoms with Gasteiger partial charge in [0.15, 0.2) is 0 Å². The lowest BCUT2D eigenvalue weighted by Crippen LogP contribution is -2.24. The Morgan fingerprint density at radius 2 is 2.21 bits per heavy atom. The number of benzene rings is 1. The quantitative estimate of drug-likeness (QED) is 0.909. The number of rotatable bonds is 3. The van der Waals surface area contributed by atoms with E-state index in [1.54, 1.807) is 13.2 Å². The van der Waals surface area contributed by atoms with Crippen LogP contribution < -0.4 is 15.6 Å². The summed E-state index contributed by atoms with van der Waals surface area (Å²) in [5, 5.41) is 4.42. The first kappa shape index (κ1) is 12.2. The highest BCUT2D eigenvalue weighted by Gasteiger charge is 2.16. The zero-order valence-corrected chi connectivity index (χ0v) is 11.1. The maximum atomic E-state index is 12.1. The van der Waals surface area contributed by atoms with Crippen molar-refractivity contribution in [1.82, 2.24) is 9.88 Å². The smallest absolute Gasteiger partial charge is 0.251 e. The SMILES string of the molecule is COc1ccc2ccc(=O)n(CC3CCNC3)c2c1. The number of fused-ring (bicyclic) bond motifs is 1. The standard InChI is InChI=1S/C15H18N2O2/c1-19-13-4-2-12-3-5-15(18)17(14(12)8-13)10-11-6-7-16-9-11/h2-5,8,11,16H,6-7,9-10H2,1H3. The summed E-state index contributed by atoms with van der Waals surface area (Å²) >= 11 is 0. The van der Waals surface area contributed by atoms with Gasteiger partial charge in [0.05, 0.1) is 12.6 Å². The summed E-state index contributed by atoms with van der Waals surface area (Å²) < 4.78 is 7.13. The second kappa shape index (κ2) is 5.05. The molecule has 1 unspecified atom stereocenters. The molecule has 4 heteroatoms. The lowest BCUT2D eigenvalue weighted by atomic mass is 10.1. The van der Waals surface area contributed by atoms with Gasteiger partial charge < -0.3 is 14.6 Å². The molecule has 0 saturated carbocycles. The van der Waals surface area contributed by atoms with E-state index in [-0.39, 0.29) is 5.56 Å². The molecule has 19 heavy (non-hydrogen) atoms. The Balaban J connectivity index is 2.08. The minimum absolute atomic E-state index is 0.0626. The van der Waals surface area contributed by atoms with Gasteiger partial charge in [-0.15, -0.1) is 0 Å². The third kappa shape index (κ3) is 2.36. The number of ether oxygens (including phenoxy) is 1. The van der Waals surface area contributed by atoms with Gasteiger partial charge in [-0.3, -0.25) is 4.79 Å². The molecule has 2 heterocycles. The summed E-state index contributed by atoms with van der Waals surface area (Å²) in [7, 11) is 1.65. The van der Waals surface area contributed by atoms with Crippen molar-refractivity contribution in [2.45, 2.75) is 13.0 Å². The second-order valence-corrected chi connectivity index (χ2v) is 5.07. The number of pyridine rings is 1. The predicted molar refractivity (Wildman–Crippen MR) is 75.7 cm³/mol. The molecule has 2 aromatic rings. The molecular weight excluding hydrogens is 240 g/mol. The van der Waals surface area contributed by atoms with Crippen LogP contribution in [0.4, 0.5) is 0 Å². The number of nitrogens with one attached hydrogen (secondary N) is 1. The average Bonchev–Trinajstić information content (AvgIpc) is 2.94. The maximum absolute atomic E-state index is 12.1. The minimum atomic E-state index is 0.0626. The van der Waals surface area contributed by atoms with Crippen LogP contribution in [-0.2, 0) is 6.54 Å². The second-order valence-electron chi connectivity index (χ2n) is 5.07. The van der Waals surface area contributed by atoms with Crippen molar-refractivity contribution >= 4 is 10.9 Å². The van der Waals surface area contributed by atoms with Crippen molar-refractivity contribution in [1.29, 1.82) is 0 Å². The molecule has 1 aromatic heterocycles. The van der Waals surface area contributed by atoms with Gasteiger partial charge in [0.2, 0.25) is 0 Å². The summed E-state index contributed by atoms with van der Waals surface area (Å²) in [6, 6.07) is 9.39. The highest BCUT2D eigenvalue weighted by Crippen LogP contribution is 2.21. The fourth-order valence-corrected chi connectivity index (χ4v) is 2.71. The Morgan fingerprint density at radius 1 is 1.37 bits per heavy atom. The summed E-state index contributed by atoms with van der Waals surface area (Å²) in [5.41, 5.74) is 1.02. The van der Waals surface area contributed by atoms with E-state index < -0.39 is 0 Å². The Kier molecular flexibility index (Phi) is 3.25. The number of hydrogen-bond donors (Lipinski definition) is 1. The molecule has 3 rings (SSSR count). The van der Waals surface area contributed by atoms with Gasteiger partial charge in [0.25, 0.3) is 5.56 Å². The lowest BCUT2D eigenvalue weighted by Gasteiger charge is -2.14. The number of nitrogens with zero attached hydrogens (tertiary/aromatic N) is 1. The van der Waals surface area contributed by atoms with E-state index in [4.69, 9.17) is 4.74 Å². The van der Waals surface area contributed by atoms with Crippen molar-refractivity contribution in [2.75, 3.05) is 20.2 Å². The van der Waals surface area contributed by atoms with Crippen molar-refractivity contribution in [3.05, 3.63) is 40.7 Å². The molecule has 0 amide bonds. The van der Waals surface area contributed by atoms with E-state index in [9.17, 15) is 4.79 Å². The number of hydrogen-bond acceptors (Lipinski definition) is 3. The largest absolute Gasteiger partial charge is 0.497 e. The van der Waals surface area contributed by atoms with Gasteiger partial charge in [0, 0.05) is 18.7 Å². The van der Waals surface area contributed by atoms with Crippen LogP contribution in [0, 0.1) is 5.92 Å². The molecular formula is C15H18N2O2. The number of aromatic nitrogens is 1. The molecule has 1 N–H and O–H groups in total. The Labute approximate surface area is 112 Å². The van der Waals surface area contributed by atoms with Gasteiger partial charge in [-0.2, -0.15) is 0 Å². The lowest BCUT2D eigenvalue weighted by molar-refractivity contribution is 0.414. The first-order valence-corrected chi connectivity index (χ1v) is 6.66. The predicted octanol–water partition coefficient (Wildman–Crippen LogP) is 1.62. The molecule has 100 valence electrons. The summed E-state index contributed by atoms with van der Waals surface area (Å²) in [6.07, 6.45) is 1.13. The van der Waals surface area contributed by atoms with Crippen molar-refractivity contribution < 1.29 is 4.74 Å². The molecule has 1 aromatic carbocycles. The van der Waals surface area contributed by atoms with E-state index in [2.05, 4.69) is 5.32 Å². The van der Waals surface area contributed by atoms with Crippen LogP contribution in [0.1, 0.15) is 6.42 Å². The van der Waals surface area contributed by atoms with E-state index >= 15 is 0 Å². The maximum Gasteiger partial charge on any atom is 0.251 e. The molecule has 4 nitrogen and oxygen atoms in total. The molecule has 1 aliphatic heterocycles. The van der Waals surface area contributed by atoms with Crippen LogP contribution in [0.3, 0.4) is 0 Å². The molecule has 1 atom stereocenters. The minimum Gasteiger partial charge on any atom is -0.497 e. The topological polar surface area (TPSA) is 43.3 Å². The molecule has 0 spiro atoms. The summed E-state index contributed by atoms with van der Waals surface area (Å²) in [6.45, 7) is 2.82. The van der Waals surface area contributed by atoms with Gasteiger partial charge in [-0.25, -0.2) is 0 Å². The highest BCUT2D eigenvalue weighted by atomic mass is 16.5. The summed E-state index contributed by atoms with van der Waals surface area (Å²) in [4.78, 5) is 12.1. The third-order valence-corrected chi connectivity index (χ3v) is 3.80. The van der Waals surface area contributed by atoms with Crippen molar-refractivity contribution in [3.8, 4) is 5.75 Å². The van der Waals surface area contributed by atoms with Crippen LogP contribution in [0.5, 0.6) is 5.75 Å². The first-order valence-electron chi connectivity index (χ1n) is 6.66. The Bertz CT molecular complexity index is 642. The average molecular weight is 258 g/mol. The van der Waals surface area contributed by atoms with Gasteiger partial charge in [-0.05, 0) is 49.0 Å². The van der Waals surface area contributed by atoms with Crippen LogP contribution >= 0.6 is 0 Å². The number of methoxy groups -OCH3 is 1. The molecule has 1 aliphatic rings. The first-order chi connectivity index (χ1) is 9.28. The highest BCUT2D eigenvalue weighted by molar-refractivity contribution is 5.80. The molecule has 1 fully saturated rings.